The summed E-state index contributed by atoms with van der Waals surface area (Å²) >= 11 is 0. The van der Waals surface area contributed by atoms with Crippen LogP contribution >= 0.6 is 0 Å². The number of amides is 2. The van der Waals surface area contributed by atoms with E-state index < -0.39 is 0 Å². The highest BCUT2D eigenvalue weighted by Crippen LogP contribution is 2.60. The summed E-state index contributed by atoms with van der Waals surface area (Å²) in [6.45, 7) is 0.828. The summed E-state index contributed by atoms with van der Waals surface area (Å²) in [5.74, 6) is 0.617. The molecule has 0 aromatic carbocycles. The number of allylic oxidation sites excluding steroid dienone is 3. The number of carbonyl (C=O) groups excluding carboxylic acids is 1. The van der Waals surface area contributed by atoms with Crippen LogP contribution < -0.4 is 10.6 Å². The molecule has 2 amide bonds. The zero-order chi connectivity index (χ0) is 12.8. The SMILES string of the molecule is O=C(NCC1CC2=C1C1=C2CC1)NC1CCCCC1. The maximum absolute atomic E-state index is 11.9. The van der Waals surface area contributed by atoms with Crippen LogP contribution in [0.5, 0.6) is 0 Å². The van der Waals surface area contributed by atoms with Gasteiger partial charge >= 0.3 is 6.03 Å². The van der Waals surface area contributed by atoms with Crippen molar-refractivity contribution >= 4 is 6.03 Å². The number of urea groups is 1. The van der Waals surface area contributed by atoms with Crippen LogP contribution in [0.2, 0.25) is 0 Å². The third kappa shape index (κ3) is 1.82. The second-order valence-corrected chi connectivity index (χ2v) is 6.44. The molecule has 0 radical (unpaired) electrons. The van der Waals surface area contributed by atoms with Gasteiger partial charge in [0.1, 0.15) is 0 Å². The van der Waals surface area contributed by atoms with Crippen LogP contribution in [0, 0.1) is 5.92 Å². The summed E-state index contributed by atoms with van der Waals surface area (Å²) in [5, 5.41) is 6.19. The van der Waals surface area contributed by atoms with Crippen molar-refractivity contribution in [1.29, 1.82) is 0 Å². The van der Waals surface area contributed by atoms with Gasteiger partial charge < -0.3 is 10.6 Å². The van der Waals surface area contributed by atoms with Crippen molar-refractivity contribution in [3.8, 4) is 0 Å². The fraction of sp³-hybridized carbons (Fsp3) is 0.688. The van der Waals surface area contributed by atoms with Gasteiger partial charge in [0.05, 0.1) is 0 Å². The van der Waals surface area contributed by atoms with E-state index in [2.05, 4.69) is 10.6 Å². The molecule has 0 bridgehead atoms. The number of carbonyl (C=O) groups is 1. The Morgan fingerprint density at radius 1 is 1.05 bits per heavy atom. The fourth-order valence-electron chi connectivity index (χ4n) is 4.10. The Morgan fingerprint density at radius 2 is 1.84 bits per heavy atom. The Hall–Kier alpha value is -1.25. The van der Waals surface area contributed by atoms with E-state index in [9.17, 15) is 4.79 Å². The van der Waals surface area contributed by atoms with E-state index in [1.165, 1.54) is 38.5 Å². The van der Waals surface area contributed by atoms with Crippen LogP contribution in [0.1, 0.15) is 51.4 Å². The molecule has 0 saturated heterocycles. The average Bonchev–Trinajstić information content (AvgIpc) is 2.39. The first-order valence-electron chi connectivity index (χ1n) is 7.83. The van der Waals surface area contributed by atoms with E-state index in [0.717, 1.165) is 19.4 Å². The molecule has 19 heavy (non-hydrogen) atoms. The molecule has 0 spiro atoms. The summed E-state index contributed by atoms with van der Waals surface area (Å²) in [6, 6.07) is 0.456. The van der Waals surface area contributed by atoms with Crippen molar-refractivity contribution in [2.45, 2.75) is 57.4 Å². The third-order valence-electron chi connectivity index (χ3n) is 5.31. The van der Waals surface area contributed by atoms with Gasteiger partial charge in [0.15, 0.2) is 0 Å². The average molecular weight is 258 g/mol. The smallest absolute Gasteiger partial charge is 0.315 e. The van der Waals surface area contributed by atoms with Crippen LogP contribution in [0.25, 0.3) is 0 Å². The predicted octanol–water partition coefficient (Wildman–Crippen LogP) is 3.04. The molecular weight excluding hydrogens is 236 g/mol. The molecule has 102 valence electrons. The highest BCUT2D eigenvalue weighted by molar-refractivity contribution is 5.75. The molecule has 0 heterocycles. The second-order valence-electron chi connectivity index (χ2n) is 6.44. The van der Waals surface area contributed by atoms with E-state index in [1.807, 2.05) is 0 Å². The first-order valence-corrected chi connectivity index (χ1v) is 7.83. The third-order valence-corrected chi connectivity index (χ3v) is 5.31. The lowest BCUT2D eigenvalue weighted by molar-refractivity contribution is 0.230. The summed E-state index contributed by atoms with van der Waals surface area (Å²) < 4.78 is 0. The first-order chi connectivity index (χ1) is 9.33. The zero-order valence-corrected chi connectivity index (χ0v) is 11.4. The van der Waals surface area contributed by atoms with Gasteiger partial charge in [-0.05, 0) is 54.4 Å². The lowest BCUT2D eigenvalue weighted by atomic mass is 9.55. The Bertz CT molecular complexity index is 483. The van der Waals surface area contributed by atoms with E-state index >= 15 is 0 Å². The fourth-order valence-corrected chi connectivity index (χ4v) is 4.10. The molecule has 1 saturated carbocycles. The minimum Gasteiger partial charge on any atom is -0.338 e. The largest absolute Gasteiger partial charge is 0.338 e. The molecule has 1 atom stereocenters. The van der Waals surface area contributed by atoms with Gasteiger partial charge in [0.25, 0.3) is 0 Å². The lowest BCUT2D eigenvalue weighted by Crippen LogP contribution is -2.47. The molecule has 3 nitrogen and oxygen atoms in total. The normalized spacial score (nSPS) is 28.7. The Balaban J connectivity index is 1.21. The second kappa shape index (κ2) is 4.39. The zero-order valence-electron chi connectivity index (χ0n) is 11.4. The van der Waals surface area contributed by atoms with Crippen molar-refractivity contribution < 1.29 is 4.79 Å². The van der Waals surface area contributed by atoms with Gasteiger partial charge in [-0.2, -0.15) is 0 Å². The summed E-state index contributed by atoms with van der Waals surface area (Å²) in [5.41, 5.74) is 6.55. The van der Waals surface area contributed by atoms with Crippen molar-refractivity contribution in [1.82, 2.24) is 10.6 Å². The number of nitrogens with one attached hydrogen (secondary N) is 2. The Labute approximate surface area is 114 Å². The molecule has 4 rings (SSSR count). The van der Waals surface area contributed by atoms with E-state index in [-0.39, 0.29) is 6.03 Å². The Kier molecular flexibility index (Phi) is 2.68. The highest BCUT2D eigenvalue weighted by atomic mass is 16.2. The van der Waals surface area contributed by atoms with Gasteiger partial charge in [-0.15, -0.1) is 0 Å². The molecule has 0 aromatic heterocycles. The van der Waals surface area contributed by atoms with Crippen LogP contribution in [0.4, 0.5) is 4.79 Å². The topological polar surface area (TPSA) is 41.1 Å². The van der Waals surface area contributed by atoms with E-state index in [1.54, 1.807) is 22.3 Å². The maximum Gasteiger partial charge on any atom is 0.315 e. The van der Waals surface area contributed by atoms with Gasteiger partial charge in [0, 0.05) is 18.5 Å². The van der Waals surface area contributed by atoms with Crippen LogP contribution in [0.3, 0.4) is 0 Å². The maximum atomic E-state index is 11.9. The van der Waals surface area contributed by atoms with Crippen LogP contribution in [0.15, 0.2) is 22.3 Å². The van der Waals surface area contributed by atoms with Gasteiger partial charge in [-0.25, -0.2) is 4.79 Å². The predicted molar refractivity (Wildman–Crippen MR) is 74.8 cm³/mol. The molecule has 0 aliphatic heterocycles. The minimum atomic E-state index is 0.0445. The van der Waals surface area contributed by atoms with Crippen LogP contribution in [-0.4, -0.2) is 18.6 Å². The molecule has 0 aromatic rings. The van der Waals surface area contributed by atoms with Gasteiger partial charge in [-0.1, -0.05) is 19.3 Å². The number of rotatable bonds is 3. The quantitative estimate of drug-likeness (QED) is 0.802. The standard InChI is InChI=1S/C16H22N2O/c19-16(18-11-4-2-1-3-5-11)17-9-10-8-14-12-6-7-13(12)15(10)14/h10-11H,1-9H2,(H2,17,18,19). The molecule has 1 unspecified atom stereocenters. The number of hydrogen-bond donors (Lipinski definition) is 2. The molecule has 2 N–H and O–H groups in total. The van der Waals surface area contributed by atoms with Crippen molar-refractivity contribution in [3.05, 3.63) is 22.3 Å². The summed E-state index contributed by atoms with van der Waals surface area (Å²) in [4.78, 5) is 11.9. The molecule has 1 fully saturated rings. The van der Waals surface area contributed by atoms with Crippen LogP contribution in [-0.2, 0) is 0 Å². The number of fused-ring (bicyclic) bond motifs is 2. The van der Waals surface area contributed by atoms with E-state index in [4.69, 9.17) is 0 Å². The Morgan fingerprint density at radius 3 is 2.53 bits per heavy atom. The van der Waals surface area contributed by atoms with Crippen molar-refractivity contribution in [2.24, 2.45) is 5.92 Å². The minimum absolute atomic E-state index is 0.0445. The van der Waals surface area contributed by atoms with Gasteiger partial charge in [-0.3, -0.25) is 0 Å². The lowest BCUT2D eigenvalue weighted by Gasteiger charge is -2.50. The summed E-state index contributed by atoms with van der Waals surface area (Å²) in [7, 11) is 0. The van der Waals surface area contributed by atoms with Crippen molar-refractivity contribution in [3.63, 3.8) is 0 Å². The first kappa shape index (κ1) is 11.6. The number of hydrogen-bond acceptors (Lipinski definition) is 1. The molecular formula is C16H22N2O. The molecule has 4 aliphatic carbocycles. The highest BCUT2D eigenvalue weighted by Gasteiger charge is 2.45. The molecule has 3 heteroatoms. The summed E-state index contributed by atoms with van der Waals surface area (Å²) in [6.07, 6.45) is 9.98. The molecule has 4 aliphatic rings. The monoisotopic (exact) mass is 258 g/mol. The van der Waals surface area contributed by atoms with Crippen molar-refractivity contribution in [2.75, 3.05) is 6.54 Å². The van der Waals surface area contributed by atoms with Gasteiger partial charge in [0.2, 0.25) is 0 Å². The van der Waals surface area contributed by atoms with E-state index in [0.29, 0.717) is 12.0 Å².